The lowest BCUT2D eigenvalue weighted by molar-refractivity contribution is 0.133. The lowest BCUT2D eigenvalue weighted by Gasteiger charge is -2.32. The number of benzene rings is 2. The van der Waals surface area contributed by atoms with Crippen LogP contribution in [0.25, 0.3) is 22.1 Å². The number of nitrogens with zero attached hydrogens (tertiary/aromatic N) is 2. The van der Waals surface area contributed by atoms with Crippen molar-refractivity contribution in [2.24, 2.45) is 0 Å². The van der Waals surface area contributed by atoms with Crippen molar-refractivity contribution in [1.29, 1.82) is 0 Å². The van der Waals surface area contributed by atoms with Gasteiger partial charge in [-0.25, -0.2) is 4.79 Å². The summed E-state index contributed by atoms with van der Waals surface area (Å²) in [5, 5.41) is 0.825. The van der Waals surface area contributed by atoms with Crippen molar-refractivity contribution in [3.05, 3.63) is 59.0 Å². The Morgan fingerprint density at radius 3 is 2.48 bits per heavy atom. The molecule has 4 rings (SSSR count). The van der Waals surface area contributed by atoms with Gasteiger partial charge in [0.1, 0.15) is 12.2 Å². The van der Waals surface area contributed by atoms with Gasteiger partial charge in [-0.05, 0) is 24.2 Å². The zero-order chi connectivity index (χ0) is 20.2. The molecule has 0 radical (unpaired) electrons. The van der Waals surface area contributed by atoms with Crippen LogP contribution in [0.4, 0.5) is 0 Å². The molecule has 2 aromatic carbocycles. The minimum Gasteiger partial charge on any atom is -0.493 e. The van der Waals surface area contributed by atoms with Crippen LogP contribution in [0.3, 0.4) is 0 Å². The summed E-state index contributed by atoms with van der Waals surface area (Å²) >= 11 is 0. The van der Waals surface area contributed by atoms with Crippen molar-refractivity contribution in [1.82, 2.24) is 9.80 Å². The molecule has 0 aliphatic carbocycles. The fourth-order valence-electron chi connectivity index (χ4n) is 3.65. The van der Waals surface area contributed by atoms with Gasteiger partial charge in [0.2, 0.25) is 0 Å². The molecule has 1 fully saturated rings. The molecule has 0 N–H and O–H groups in total. The van der Waals surface area contributed by atoms with E-state index < -0.39 is 0 Å². The van der Waals surface area contributed by atoms with Crippen molar-refractivity contribution in [2.75, 3.05) is 53.5 Å². The van der Waals surface area contributed by atoms with E-state index in [2.05, 4.69) is 16.8 Å². The van der Waals surface area contributed by atoms with Gasteiger partial charge in [-0.3, -0.25) is 4.90 Å². The third kappa shape index (κ3) is 4.44. The Hall–Kier alpha value is -2.83. The summed E-state index contributed by atoms with van der Waals surface area (Å²) in [6.45, 7) is 5.71. The number of hydrogen-bond acceptors (Lipinski definition) is 6. The Morgan fingerprint density at radius 1 is 1.00 bits per heavy atom. The van der Waals surface area contributed by atoms with Crippen LogP contribution in [0, 0.1) is 0 Å². The maximum Gasteiger partial charge on any atom is 0.336 e. The summed E-state index contributed by atoms with van der Waals surface area (Å²) < 4.78 is 17.0. The maximum absolute atomic E-state index is 12.1. The summed E-state index contributed by atoms with van der Waals surface area (Å²) in [7, 11) is 3.74. The molecule has 6 heteroatoms. The van der Waals surface area contributed by atoms with Crippen LogP contribution < -0.4 is 15.1 Å². The van der Waals surface area contributed by atoms with Gasteiger partial charge in [0, 0.05) is 50.2 Å². The predicted molar refractivity (Wildman–Crippen MR) is 114 cm³/mol. The van der Waals surface area contributed by atoms with Crippen molar-refractivity contribution in [3.63, 3.8) is 0 Å². The number of methoxy groups -OCH3 is 1. The molecule has 1 aromatic heterocycles. The molecule has 6 nitrogen and oxygen atoms in total. The van der Waals surface area contributed by atoms with E-state index in [0.29, 0.717) is 23.7 Å². The molecule has 0 saturated carbocycles. The minimum absolute atomic E-state index is 0.387. The minimum atomic E-state index is -0.387. The predicted octanol–water partition coefficient (Wildman–Crippen LogP) is 3.09. The summed E-state index contributed by atoms with van der Waals surface area (Å²) in [6, 6.07) is 15.0. The molecule has 2 heterocycles. The first-order valence-electron chi connectivity index (χ1n) is 9.89. The van der Waals surface area contributed by atoms with E-state index in [-0.39, 0.29) is 5.63 Å². The van der Waals surface area contributed by atoms with Gasteiger partial charge in [-0.1, -0.05) is 30.3 Å². The second kappa shape index (κ2) is 8.68. The molecule has 0 unspecified atom stereocenters. The van der Waals surface area contributed by atoms with Crippen LogP contribution in [0.5, 0.6) is 11.5 Å². The fourth-order valence-corrected chi connectivity index (χ4v) is 3.65. The van der Waals surface area contributed by atoms with Gasteiger partial charge in [0.15, 0.2) is 11.5 Å². The summed E-state index contributed by atoms with van der Waals surface area (Å²) in [5.74, 6) is 1.21. The smallest absolute Gasteiger partial charge is 0.336 e. The van der Waals surface area contributed by atoms with E-state index in [1.165, 1.54) is 6.07 Å². The molecule has 1 saturated heterocycles. The number of hydrogen-bond donors (Lipinski definition) is 0. The van der Waals surface area contributed by atoms with E-state index >= 15 is 0 Å². The van der Waals surface area contributed by atoms with E-state index in [0.717, 1.165) is 49.2 Å². The lowest BCUT2D eigenvalue weighted by atomic mass is 10.0. The van der Waals surface area contributed by atoms with Crippen molar-refractivity contribution in [2.45, 2.75) is 0 Å². The van der Waals surface area contributed by atoms with Gasteiger partial charge >= 0.3 is 5.63 Å². The van der Waals surface area contributed by atoms with Gasteiger partial charge < -0.3 is 18.8 Å². The average molecular weight is 394 g/mol. The monoisotopic (exact) mass is 394 g/mol. The van der Waals surface area contributed by atoms with Crippen LogP contribution in [-0.2, 0) is 0 Å². The Balaban J connectivity index is 1.61. The van der Waals surface area contributed by atoms with Gasteiger partial charge in [0.05, 0.1) is 7.11 Å². The SMILES string of the molecule is COc1cc2oc(=O)cc(-c3ccccc3)c2cc1OCCN1CCN(C)CC1. The zero-order valence-electron chi connectivity index (χ0n) is 16.9. The Kier molecular flexibility index (Phi) is 5.83. The molecule has 0 bridgehead atoms. The topological polar surface area (TPSA) is 55.2 Å². The lowest BCUT2D eigenvalue weighted by Crippen LogP contribution is -2.45. The van der Waals surface area contributed by atoms with E-state index in [4.69, 9.17) is 13.9 Å². The fraction of sp³-hybridized carbons (Fsp3) is 0.348. The highest BCUT2D eigenvalue weighted by Crippen LogP contribution is 2.36. The first kappa shape index (κ1) is 19.5. The highest BCUT2D eigenvalue weighted by molar-refractivity contribution is 5.95. The highest BCUT2D eigenvalue weighted by Gasteiger charge is 2.16. The summed E-state index contributed by atoms with van der Waals surface area (Å²) in [5.41, 5.74) is 1.88. The summed E-state index contributed by atoms with van der Waals surface area (Å²) in [4.78, 5) is 16.8. The summed E-state index contributed by atoms with van der Waals surface area (Å²) in [6.07, 6.45) is 0. The first-order valence-corrected chi connectivity index (χ1v) is 9.89. The van der Waals surface area contributed by atoms with Crippen LogP contribution in [0.1, 0.15) is 0 Å². The third-order valence-corrected chi connectivity index (χ3v) is 5.37. The van der Waals surface area contributed by atoms with Crippen LogP contribution in [-0.4, -0.2) is 63.3 Å². The number of likely N-dealkylation sites (N-methyl/N-ethyl adjacent to an activating group) is 1. The Labute approximate surface area is 170 Å². The number of ether oxygens (including phenoxy) is 2. The molecular formula is C23H26N2O4. The Bertz CT molecular complexity index is 1020. The van der Waals surface area contributed by atoms with E-state index in [1.54, 1.807) is 13.2 Å². The number of piperazine rings is 1. The molecule has 152 valence electrons. The van der Waals surface area contributed by atoms with Crippen molar-refractivity contribution < 1.29 is 13.9 Å². The maximum atomic E-state index is 12.1. The second-order valence-corrected chi connectivity index (χ2v) is 7.34. The van der Waals surface area contributed by atoms with Crippen molar-refractivity contribution >= 4 is 11.0 Å². The molecule has 1 aliphatic rings. The Morgan fingerprint density at radius 2 is 1.76 bits per heavy atom. The van der Waals surface area contributed by atoms with Crippen molar-refractivity contribution in [3.8, 4) is 22.6 Å². The van der Waals surface area contributed by atoms with Gasteiger partial charge in [-0.15, -0.1) is 0 Å². The van der Waals surface area contributed by atoms with Gasteiger partial charge in [-0.2, -0.15) is 0 Å². The molecule has 0 atom stereocenters. The van der Waals surface area contributed by atoms with Gasteiger partial charge in [0.25, 0.3) is 0 Å². The molecule has 1 aliphatic heterocycles. The first-order chi connectivity index (χ1) is 14.1. The highest BCUT2D eigenvalue weighted by atomic mass is 16.5. The second-order valence-electron chi connectivity index (χ2n) is 7.34. The van der Waals surface area contributed by atoms with Crippen LogP contribution in [0.15, 0.2) is 57.7 Å². The molecule has 0 amide bonds. The van der Waals surface area contributed by atoms with E-state index in [1.807, 2.05) is 36.4 Å². The molecule has 3 aromatic rings. The zero-order valence-corrected chi connectivity index (χ0v) is 16.9. The average Bonchev–Trinajstić information content (AvgIpc) is 2.75. The quantitative estimate of drug-likeness (QED) is 0.599. The molecule has 29 heavy (non-hydrogen) atoms. The molecular weight excluding hydrogens is 368 g/mol. The standard InChI is InChI=1S/C23H26N2O4/c1-24-8-10-25(11-9-24)12-13-28-22-14-19-18(17-6-4-3-5-7-17)15-23(26)29-20(19)16-21(22)27-2/h3-7,14-16H,8-13H2,1-2H3. The largest absolute Gasteiger partial charge is 0.493 e. The van der Waals surface area contributed by atoms with Crippen LogP contribution >= 0.6 is 0 Å². The third-order valence-electron chi connectivity index (χ3n) is 5.37. The van der Waals surface area contributed by atoms with Crippen LogP contribution in [0.2, 0.25) is 0 Å². The van der Waals surface area contributed by atoms with E-state index in [9.17, 15) is 4.79 Å². The molecule has 0 spiro atoms. The number of fused-ring (bicyclic) bond motifs is 1. The number of rotatable bonds is 6. The normalized spacial score (nSPS) is 15.5.